The highest BCUT2D eigenvalue weighted by Crippen LogP contribution is 2.37. The lowest BCUT2D eigenvalue weighted by atomic mass is 9.80. The van der Waals surface area contributed by atoms with Crippen LogP contribution in [0.4, 0.5) is 29.3 Å². The van der Waals surface area contributed by atoms with E-state index < -0.39 is 23.3 Å². The van der Waals surface area contributed by atoms with Gasteiger partial charge in [-0.25, -0.2) is 19.2 Å². The van der Waals surface area contributed by atoms with Gasteiger partial charge in [0.1, 0.15) is 11.3 Å². The summed E-state index contributed by atoms with van der Waals surface area (Å²) in [6.07, 6.45) is -0.871. The number of nitrogens with zero attached hydrogens (tertiary/aromatic N) is 6. The minimum atomic E-state index is -4.82. The number of nitrogens with one attached hydrogen (secondary N) is 2. The Hall–Kier alpha value is -4.75. The average molecular weight is 625 g/mol. The number of imidazole rings is 1. The maximum Gasteiger partial charge on any atom is 0.439 e. The second-order valence-electron chi connectivity index (χ2n) is 11.4. The molecule has 0 amide bonds. The number of anilines is 2. The first-order valence-corrected chi connectivity index (χ1v) is 14.8. The molecular weight excluding hydrogens is 592 g/mol. The van der Waals surface area contributed by atoms with E-state index in [1.807, 2.05) is 49.2 Å². The highest BCUT2D eigenvalue weighted by molar-refractivity contribution is 5.87. The van der Waals surface area contributed by atoms with Crippen LogP contribution in [-0.4, -0.2) is 42.7 Å². The Morgan fingerprint density at radius 2 is 1.89 bits per heavy atom. The van der Waals surface area contributed by atoms with Gasteiger partial charge in [0.15, 0.2) is 11.5 Å². The number of alkyl halides is 3. The second-order valence-corrected chi connectivity index (χ2v) is 11.4. The average Bonchev–Trinajstić information content (AvgIpc) is 3.56. The van der Waals surface area contributed by atoms with Crippen LogP contribution in [0.5, 0.6) is 0 Å². The molecule has 1 unspecified atom stereocenters. The van der Waals surface area contributed by atoms with E-state index >= 15 is 0 Å². The Kier molecular flexibility index (Phi) is 8.06. The van der Waals surface area contributed by atoms with Crippen LogP contribution in [0.25, 0.3) is 22.8 Å². The Labute approximate surface area is 255 Å². The van der Waals surface area contributed by atoms with Crippen LogP contribution in [0, 0.1) is 11.7 Å². The molecule has 2 aromatic carbocycles. The van der Waals surface area contributed by atoms with Crippen molar-refractivity contribution < 1.29 is 22.1 Å². The number of fused-ring (bicyclic) bond motifs is 1. The summed E-state index contributed by atoms with van der Waals surface area (Å²) in [5, 5.41) is 7.25. The number of hydrogen-bond acceptors (Lipinski definition) is 8. The smallest absolute Gasteiger partial charge is 0.365 e. The third-order valence-electron chi connectivity index (χ3n) is 8.49. The highest BCUT2D eigenvalue weighted by Gasteiger charge is 2.34. The van der Waals surface area contributed by atoms with E-state index in [0.29, 0.717) is 35.2 Å². The molecule has 0 saturated heterocycles. The summed E-state index contributed by atoms with van der Waals surface area (Å²) in [4.78, 5) is 30.4. The van der Waals surface area contributed by atoms with E-state index in [-0.39, 0.29) is 35.9 Å². The molecule has 1 aliphatic carbocycles. The summed E-state index contributed by atoms with van der Waals surface area (Å²) in [6, 6.07) is 12.6. The highest BCUT2D eigenvalue weighted by atomic mass is 19.4. The number of aromatic nitrogens is 6. The molecule has 2 atom stereocenters. The molecule has 0 aliphatic heterocycles. The van der Waals surface area contributed by atoms with E-state index in [4.69, 9.17) is 14.5 Å². The number of H-pyrrole nitrogens is 1. The van der Waals surface area contributed by atoms with E-state index in [2.05, 4.69) is 27.4 Å². The van der Waals surface area contributed by atoms with Crippen molar-refractivity contribution in [1.29, 1.82) is 0 Å². The lowest BCUT2D eigenvalue weighted by molar-refractivity contribution is -0.140. The van der Waals surface area contributed by atoms with Gasteiger partial charge in [0.25, 0.3) is 0 Å². The van der Waals surface area contributed by atoms with Gasteiger partial charge in [0, 0.05) is 13.1 Å². The molecule has 1 saturated carbocycles. The number of benzene rings is 2. The lowest BCUT2D eigenvalue weighted by Gasteiger charge is -2.32. The van der Waals surface area contributed by atoms with Crippen LogP contribution in [-0.2, 0) is 12.7 Å². The van der Waals surface area contributed by atoms with Gasteiger partial charge in [0.05, 0.1) is 18.2 Å². The maximum atomic E-state index is 14.7. The number of rotatable bonds is 10. The normalized spacial score (nSPS) is 15.2. The van der Waals surface area contributed by atoms with Crippen LogP contribution in [0.2, 0.25) is 0 Å². The monoisotopic (exact) mass is 624 g/mol. The Morgan fingerprint density at radius 3 is 2.49 bits per heavy atom. The van der Waals surface area contributed by atoms with Gasteiger partial charge >= 0.3 is 11.9 Å². The van der Waals surface area contributed by atoms with Crippen molar-refractivity contribution in [2.45, 2.75) is 64.3 Å². The van der Waals surface area contributed by atoms with Gasteiger partial charge in [0.2, 0.25) is 17.6 Å². The number of halogens is 4. The summed E-state index contributed by atoms with van der Waals surface area (Å²) >= 11 is 0. The molecule has 1 aliphatic rings. The van der Waals surface area contributed by atoms with Crippen molar-refractivity contribution in [2.75, 3.05) is 17.3 Å². The number of hydrogen-bond donors (Lipinski definition) is 2. The van der Waals surface area contributed by atoms with Crippen molar-refractivity contribution in [2.24, 2.45) is 5.92 Å². The summed E-state index contributed by atoms with van der Waals surface area (Å²) in [6.45, 7) is 4.07. The Bertz CT molecular complexity index is 1860. The van der Waals surface area contributed by atoms with Gasteiger partial charge in [-0.1, -0.05) is 54.9 Å². The first-order chi connectivity index (χ1) is 21.5. The first-order valence-electron chi connectivity index (χ1n) is 14.8. The van der Waals surface area contributed by atoms with Crippen molar-refractivity contribution in [3.63, 3.8) is 0 Å². The molecule has 10 nitrogen and oxygen atoms in total. The molecule has 45 heavy (non-hydrogen) atoms. The maximum absolute atomic E-state index is 14.7. The zero-order valence-electron chi connectivity index (χ0n) is 24.9. The summed E-state index contributed by atoms with van der Waals surface area (Å²) in [7, 11) is 1.87. The molecule has 0 radical (unpaired) electrons. The summed E-state index contributed by atoms with van der Waals surface area (Å²) in [5.41, 5.74) is 0.723. The Balaban J connectivity index is 1.54. The molecule has 5 aromatic rings. The van der Waals surface area contributed by atoms with Gasteiger partial charge in [-0.3, -0.25) is 9.51 Å². The minimum absolute atomic E-state index is 0.0156. The quantitative estimate of drug-likeness (QED) is 0.168. The van der Waals surface area contributed by atoms with Crippen LogP contribution in [0.1, 0.15) is 62.3 Å². The van der Waals surface area contributed by atoms with Crippen LogP contribution < -0.4 is 16.0 Å². The molecule has 14 heteroatoms. The first kappa shape index (κ1) is 30.3. The van der Waals surface area contributed by atoms with E-state index in [1.165, 1.54) is 6.07 Å². The molecular formula is C31H32F4N8O2. The fraction of sp³-hybridized carbons (Fsp3) is 0.387. The van der Waals surface area contributed by atoms with Crippen LogP contribution in [0.3, 0.4) is 0 Å². The molecule has 1 fully saturated rings. The molecule has 6 rings (SSSR count). The molecule has 0 spiro atoms. The van der Waals surface area contributed by atoms with Crippen LogP contribution in [0.15, 0.2) is 57.8 Å². The van der Waals surface area contributed by atoms with Gasteiger partial charge in [-0.2, -0.15) is 18.2 Å². The molecule has 2 N–H and O–H groups in total. The van der Waals surface area contributed by atoms with E-state index in [0.717, 1.165) is 37.0 Å². The fourth-order valence-electron chi connectivity index (χ4n) is 5.87. The zero-order chi connectivity index (χ0) is 31.9. The molecule has 0 bridgehead atoms. The molecule has 236 valence electrons. The van der Waals surface area contributed by atoms with Gasteiger partial charge in [-0.05, 0) is 55.4 Å². The van der Waals surface area contributed by atoms with E-state index in [9.17, 15) is 22.4 Å². The molecule has 3 aromatic heterocycles. The predicted molar refractivity (Wildman–Crippen MR) is 160 cm³/mol. The Morgan fingerprint density at radius 1 is 1.13 bits per heavy atom. The van der Waals surface area contributed by atoms with E-state index in [1.54, 1.807) is 4.57 Å². The van der Waals surface area contributed by atoms with Crippen molar-refractivity contribution in [3.05, 3.63) is 81.6 Å². The van der Waals surface area contributed by atoms with Crippen LogP contribution >= 0.6 is 0 Å². The minimum Gasteiger partial charge on any atom is -0.365 e. The van der Waals surface area contributed by atoms with Crippen molar-refractivity contribution >= 4 is 22.9 Å². The van der Waals surface area contributed by atoms with Gasteiger partial charge in [-0.15, -0.1) is 0 Å². The van der Waals surface area contributed by atoms with Crippen molar-refractivity contribution in [3.8, 4) is 11.6 Å². The lowest BCUT2D eigenvalue weighted by Crippen LogP contribution is -2.31. The summed E-state index contributed by atoms with van der Waals surface area (Å²) in [5.74, 6) is -0.783. The third kappa shape index (κ3) is 6.00. The molecule has 3 heterocycles. The number of aromatic amines is 1. The summed E-state index contributed by atoms with van der Waals surface area (Å²) < 4.78 is 61.3. The zero-order valence-corrected chi connectivity index (χ0v) is 24.9. The SMILES string of the molecule is CCC(c1ccccc1)N(C)c1nc2nc(-c3noc(=O)[nH]3)nc(N[C@H](C)C3CCC3)c2n1Cc1ccc(C(F)(F)F)c(F)c1. The standard InChI is InChI=1S/C31H32F4N8O2/c1-4-23(20-9-6-5-7-10-20)42(3)29-39-26-24(43(29)16-18-13-14-21(22(32)15-18)31(33,34)35)25(36-17(2)19-11-8-12-19)37-27(38-26)28-40-30(44)45-41-28/h5-7,9-10,13-15,17,19,23H,4,8,11-12,16H2,1-3H3,(H,36,37,38)(H,40,41,44)/t17-,23?/m1/s1. The topological polar surface area (TPSA) is 118 Å². The second kappa shape index (κ2) is 12.0. The largest absolute Gasteiger partial charge is 0.439 e. The van der Waals surface area contributed by atoms with Gasteiger partial charge < -0.3 is 14.8 Å². The fourth-order valence-corrected chi connectivity index (χ4v) is 5.87. The van der Waals surface area contributed by atoms with Crippen molar-refractivity contribution in [1.82, 2.24) is 29.7 Å². The predicted octanol–water partition coefficient (Wildman–Crippen LogP) is 6.56. The third-order valence-corrected chi connectivity index (χ3v) is 8.49.